The number of carbonyl (C=O) groups excluding carboxylic acids is 1. The van der Waals surface area contributed by atoms with Gasteiger partial charge >= 0.3 is 0 Å². The quantitative estimate of drug-likeness (QED) is 0.843. The van der Waals surface area contributed by atoms with Crippen molar-refractivity contribution in [2.75, 3.05) is 24.5 Å². The fourth-order valence-electron chi connectivity index (χ4n) is 3.09. The molecule has 0 aromatic carbocycles. The summed E-state index contributed by atoms with van der Waals surface area (Å²) in [7, 11) is 0. The van der Waals surface area contributed by atoms with Crippen LogP contribution >= 0.6 is 11.3 Å². The first-order valence-corrected chi connectivity index (χ1v) is 9.04. The van der Waals surface area contributed by atoms with Crippen molar-refractivity contribution in [1.29, 1.82) is 0 Å². The molecule has 7 heteroatoms. The van der Waals surface area contributed by atoms with Crippen LogP contribution in [0.25, 0.3) is 10.2 Å². The van der Waals surface area contributed by atoms with Crippen LogP contribution in [0.5, 0.6) is 0 Å². The lowest BCUT2D eigenvalue weighted by Crippen LogP contribution is -2.47. The number of rotatable bonds is 6. The molecule has 1 aliphatic rings. The molecule has 1 aliphatic heterocycles. The summed E-state index contributed by atoms with van der Waals surface area (Å²) in [6, 6.07) is 2.18. The van der Waals surface area contributed by atoms with Crippen LogP contribution in [0.3, 0.4) is 0 Å². The van der Waals surface area contributed by atoms with Crippen LogP contribution in [-0.4, -0.2) is 47.6 Å². The van der Waals surface area contributed by atoms with Crippen LogP contribution in [0.2, 0.25) is 0 Å². The highest BCUT2D eigenvalue weighted by Crippen LogP contribution is 2.31. The van der Waals surface area contributed by atoms with Crippen LogP contribution in [0.1, 0.15) is 26.7 Å². The van der Waals surface area contributed by atoms with E-state index < -0.39 is 0 Å². The van der Waals surface area contributed by atoms with E-state index in [4.69, 9.17) is 0 Å². The van der Waals surface area contributed by atoms with Crippen LogP contribution in [-0.2, 0) is 4.79 Å². The molecular weight excluding hydrogens is 310 g/mol. The van der Waals surface area contributed by atoms with Gasteiger partial charge in [-0.1, -0.05) is 6.92 Å². The van der Waals surface area contributed by atoms with Crippen molar-refractivity contribution in [1.82, 2.24) is 20.6 Å². The Morgan fingerprint density at radius 1 is 1.52 bits per heavy atom. The highest BCUT2D eigenvalue weighted by molar-refractivity contribution is 7.16. The van der Waals surface area contributed by atoms with Gasteiger partial charge in [0.2, 0.25) is 5.91 Å². The fourth-order valence-corrected chi connectivity index (χ4v) is 3.82. The molecule has 0 radical (unpaired) electrons. The number of aromatic nitrogens is 2. The first-order valence-electron chi connectivity index (χ1n) is 8.16. The number of nitrogens with one attached hydrogen (secondary N) is 2. The van der Waals surface area contributed by atoms with Gasteiger partial charge in [-0.25, -0.2) is 9.97 Å². The van der Waals surface area contributed by atoms with Crippen molar-refractivity contribution in [3.05, 3.63) is 17.8 Å². The number of nitrogens with zero attached hydrogens (tertiary/aromatic N) is 3. The van der Waals surface area contributed by atoms with Gasteiger partial charge < -0.3 is 15.5 Å². The van der Waals surface area contributed by atoms with Gasteiger partial charge in [-0.05, 0) is 37.8 Å². The molecule has 1 unspecified atom stereocenters. The maximum Gasteiger partial charge on any atom is 0.242 e. The largest absolute Gasteiger partial charge is 0.353 e. The van der Waals surface area contributed by atoms with Crippen molar-refractivity contribution in [3.63, 3.8) is 0 Å². The van der Waals surface area contributed by atoms with Gasteiger partial charge in [-0.15, -0.1) is 11.3 Å². The molecule has 2 aromatic heterocycles. The molecule has 0 spiro atoms. The third kappa shape index (κ3) is 3.45. The van der Waals surface area contributed by atoms with Crippen molar-refractivity contribution in [3.8, 4) is 0 Å². The van der Waals surface area contributed by atoms with E-state index in [2.05, 4.69) is 39.3 Å². The van der Waals surface area contributed by atoms with E-state index >= 15 is 0 Å². The van der Waals surface area contributed by atoms with E-state index in [1.54, 1.807) is 17.7 Å². The van der Waals surface area contributed by atoms with E-state index in [9.17, 15) is 4.79 Å². The number of hydrogen-bond donors (Lipinski definition) is 2. The smallest absolute Gasteiger partial charge is 0.242 e. The molecule has 0 aliphatic carbocycles. The molecule has 3 heterocycles. The number of anilines is 1. The fraction of sp³-hybridized carbons (Fsp3) is 0.562. The summed E-state index contributed by atoms with van der Waals surface area (Å²) in [5.41, 5.74) is 0. The predicted octanol–water partition coefficient (Wildman–Crippen LogP) is 1.77. The summed E-state index contributed by atoms with van der Waals surface area (Å²) in [4.78, 5) is 24.4. The van der Waals surface area contributed by atoms with E-state index in [1.165, 1.54) is 0 Å². The number of carbonyl (C=O) groups is 1. The zero-order valence-electron chi connectivity index (χ0n) is 13.6. The second-order valence-electron chi connectivity index (χ2n) is 5.89. The lowest BCUT2D eigenvalue weighted by atomic mass is 10.2. The summed E-state index contributed by atoms with van der Waals surface area (Å²) in [5, 5.41) is 9.43. The van der Waals surface area contributed by atoms with Gasteiger partial charge in [-0.2, -0.15) is 0 Å². The normalized spacial score (nSPS) is 19.2. The number of hydrogen-bond acceptors (Lipinski definition) is 6. The van der Waals surface area contributed by atoms with Crippen molar-refractivity contribution < 1.29 is 4.79 Å². The first-order chi connectivity index (χ1) is 11.2. The van der Waals surface area contributed by atoms with Gasteiger partial charge in [0.15, 0.2) is 0 Å². The van der Waals surface area contributed by atoms with Crippen molar-refractivity contribution >= 4 is 33.3 Å². The highest BCUT2D eigenvalue weighted by atomic mass is 32.1. The Balaban J connectivity index is 1.72. The number of fused-ring (bicyclic) bond motifs is 1. The Hall–Kier alpha value is -1.73. The molecule has 3 rings (SSSR count). The van der Waals surface area contributed by atoms with E-state index in [0.29, 0.717) is 6.54 Å². The molecule has 1 saturated heterocycles. The van der Waals surface area contributed by atoms with Gasteiger partial charge in [-0.3, -0.25) is 4.79 Å². The molecule has 0 saturated carbocycles. The molecule has 2 N–H and O–H groups in total. The van der Waals surface area contributed by atoms with Crippen LogP contribution < -0.4 is 15.5 Å². The molecule has 23 heavy (non-hydrogen) atoms. The Labute approximate surface area is 140 Å². The summed E-state index contributed by atoms with van der Waals surface area (Å²) in [6.45, 7) is 6.56. The molecule has 124 valence electrons. The molecule has 1 fully saturated rings. The number of amides is 1. The Morgan fingerprint density at radius 2 is 2.39 bits per heavy atom. The lowest BCUT2D eigenvalue weighted by molar-refractivity contribution is -0.122. The standard InChI is InChI=1S/C16H23N5OS/c1-3-17-11(2)9-18-15(22)13-5-4-7-21(13)14-12-6-8-23-16(12)20-10-19-14/h6,8,10-11,13,17H,3-5,7,9H2,1-2H3,(H,18,22)/t11-,13?/m1/s1. The maximum absolute atomic E-state index is 12.6. The summed E-state index contributed by atoms with van der Waals surface area (Å²) in [6.07, 6.45) is 3.47. The van der Waals surface area contributed by atoms with Crippen LogP contribution in [0, 0.1) is 0 Å². The zero-order chi connectivity index (χ0) is 16.2. The summed E-state index contributed by atoms with van der Waals surface area (Å²) >= 11 is 1.60. The Kier molecular flexibility index (Phi) is 5.07. The van der Waals surface area contributed by atoms with Crippen molar-refractivity contribution in [2.45, 2.75) is 38.8 Å². The SMILES string of the molecule is CCN[C@H](C)CNC(=O)C1CCCN1c1ncnc2sccc12. The minimum absolute atomic E-state index is 0.0919. The summed E-state index contributed by atoms with van der Waals surface area (Å²) < 4.78 is 0. The number of thiophene rings is 1. The summed E-state index contributed by atoms with van der Waals surface area (Å²) in [5.74, 6) is 0.975. The third-order valence-corrected chi connectivity index (χ3v) is 5.02. The van der Waals surface area contributed by atoms with Gasteiger partial charge in [0.25, 0.3) is 0 Å². The molecule has 2 atom stereocenters. The lowest BCUT2D eigenvalue weighted by Gasteiger charge is -2.26. The zero-order valence-corrected chi connectivity index (χ0v) is 14.4. The monoisotopic (exact) mass is 333 g/mol. The van der Waals surface area contributed by atoms with Crippen molar-refractivity contribution in [2.24, 2.45) is 0 Å². The minimum Gasteiger partial charge on any atom is -0.353 e. The van der Waals surface area contributed by atoms with E-state index in [1.807, 2.05) is 11.4 Å². The first kappa shape index (κ1) is 16.1. The van der Waals surface area contributed by atoms with Gasteiger partial charge in [0.1, 0.15) is 23.0 Å². The van der Waals surface area contributed by atoms with Gasteiger partial charge in [0.05, 0.1) is 5.39 Å². The second kappa shape index (κ2) is 7.23. The van der Waals surface area contributed by atoms with E-state index in [0.717, 1.165) is 42.0 Å². The minimum atomic E-state index is -0.137. The van der Waals surface area contributed by atoms with E-state index in [-0.39, 0.29) is 18.0 Å². The molecule has 2 aromatic rings. The maximum atomic E-state index is 12.6. The second-order valence-corrected chi connectivity index (χ2v) is 6.79. The average molecular weight is 333 g/mol. The van der Waals surface area contributed by atoms with Crippen LogP contribution in [0.15, 0.2) is 17.8 Å². The molecule has 6 nitrogen and oxygen atoms in total. The topological polar surface area (TPSA) is 70.2 Å². The Morgan fingerprint density at radius 3 is 3.22 bits per heavy atom. The molecule has 0 bridgehead atoms. The molecular formula is C16H23N5OS. The van der Waals surface area contributed by atoms with Crippen LogP contribution in [0.4, 0.5) is 5.82 Å². The highest BCUT2D eigenvalue weighted by Gasteiger charge is 2.32. The van der Waals surface area contributed by atoms with Gasteiger partial charge in [0, 0.05) is 19.1 Å². The third-order valence-electron chi connectivity index (χ3n) is 4.20. The Bertz CT molecular complexity index is 673. The number of likely N-dealkylation sites (N-methyl/N-ethyl adjacent to an activating group) is 1. The average Bonchev–Trinajstić information content (AvgIpc) is 3.21. The predicted molar refractivity (Wildman–Crippen MR) is 93.9 cm³/mol. The molecule has 1 amide bonds.